The van der Waals surface area contributed by atoms with Crippen LogP contribution in [0.3, 0.4) is 0 Å². The number of amides is 1. The van der Waals surface area contributed by atoms with Gasteiger partial charge in [0.1, 0.15) is 12.9 Å². The molecule has 0 aromatic carbocycles. The van der Waals surface area contributed by atoms with E-state index in [-0.39, 0.29) is 12.5 Å². The van der Waals surface area contributed by atoms with Crippen molar-refractivity contribution in [1.82, 2.24) is 25.5 Å². The molecule has 16 heavy (non-hydrogen) atoms. The van der Waals surface area contributed by atoms with Crippen LogP contribution in [0.1, 0.15) is 32.6 Å². The van der Waals surface area contributed by atoms with Gasteiger partial charge in [-0.15, -0.1) is 5.10 Å². The van der Waals surface area contributed by atoms with Crippen LogP contribution < -0.4 is 5.32 Å². The molecule has 1 amide bonds. The van der Waals surface area contributed by atoms with E-state index in [1.165, 1.54) is 23.9 Å². The van der Waals surface area contributed by atoms with Crippen LogP contribution in [0.4, 0.5) is 0 Å². The van der Waals surface area contributed by atoms with Crippen molar-refractivity contribution < 1.29 is 4.79 Å². The lowest BCUT2D eigenvalue weighted by molar-refractivity contribution is -0.122. The second-order valence-electron chi connectivity index (χ2n) is 4.54. The Morgan fingerprint density at radius 1 is 1.56 bits per heavy atom. The van der Waals surface area contributed by atoms with Gasteiger partial charge in [0, 0.05) is 6.04 Å². The molecule has 0 radical (unpaired) electrons. The van der Waals surface area contributed by atoms with E-state index in [1.807, 2.05) is 0 Å². The number of carbonyl (C=O) groups is 1. The van der Waals surface area contributed by atoms with Gasteiger partial charge in [-0.2, -0.15) is 0 Å². The molecular weight excluding hydrogens is 206 g/mol. The molecule has 1 aromatic heterocycles. The standard InChI is InChI=1S/C10H17N5O/c1-8-3-2-4-9(5-8)12-10(16)6-15-7-11-13-14-15/h7-9H,2-6H2,1H3,(H,12,16)/t8-,9-/m1/s1. The van der Waals surface area contributed by atoms with Crippen molar-refractivity contribution in [2.45, 2.75) is 45.2 Å². The Morgan fingerprint density at radius 2 is 2.44 bits per heavy atom. The highest BCUT2D eigenvalue weighted by Crippen LogP contribution is 2.23. The van der Waals surface area contributed by atoms with Crippen molar-refractivity contribution in [3.05, 3.63) is 6.33 Å². The number of tetrazole rings is 1. The summed E-state index contributed by atoms with van der Waals surface area (Å²) in [6.45, 7) is 2.44. The number of aromatic nitrogens is 4. The third-order valence-electron chi connectivity index (χ3n) is 3.00. The van der Waals surface area contributed by atoms with Gasteiger partial charge in [0.05, 0.1) is 0 Å². The van der Waals surface area contributed by atoms with Crippen LogP contribution >= 0.6 is 0 Å². The average molecular weight is 223 g/mol. The second kappa shape index (κ2) is 5.05. The van der Waals surface area contributed by atoms with Gasteiger partial charge in [0.2, 0.25) is 5.91 Å². The fourth-order valence-corrected chi connectivity index (χ4v) is 2.24. The minimum Gasteiger partial charge on any atom is -0.352 e. The first-order valence-electron chi connectivity index (χ1n) is 5.74. The summed E-state index contributed by atoms with van der Waals surface area (Å²) in [5, 5.41) is 13.7. The molecular formula is C10H17N5O. The molecule has 0 unspecified atom stereocenters. The summed E-state index contributed by atoms with van der Waals surface area (Å²) in [5.74, 6) is 0.707. The Kier molecular flexibility index (Phi) is 3.48. The lowest BCUT2D eigenvalue weighted by Crippen LogP contribution is -2.39. The third-order valence-corrected chi connectivity index (χ3v) is 3.00. The first-order chi connectivity index (χ1) is 7.74. The van der Waals surface area contributed by atoms with Gasteiger partial charge in [-0.05, 0) is 29.2 Å². The normalized spacial score (nSPS) is 25.3. The fraction of sp³-hybridized carbons (Fsp3) is 0.800. The van der Waals surface area contributed by atoms with Crippen LogP contribution in [0.25, 0.3) is 0 Å². The lowest BCUT2D eigenvalue weighted by atomic mass is 9.87. The maximum atomic E-state index is 11.7. The Labute approximate surface area is 94.4 Å². The van der Waals surface area contributed by atoms with E-state index in [9.17, 15) is 4.79 Å². The molecule has 0 aliphatic heterocycles. The summed E-state index contributed by atoms with van der Waals surface area (Å²) in [4.78, 5) is 11.7. The fourth-order valence-electron chi connectivity index (χ4n) is 2.24. The van der Waals surface area contributed by atoms with Crippen molar-refractivity contribution in [2.24, 2.45) is 5.92 Å². The summed E-state index contributed by atoms with van der Waals surface area (Å²) in [5.41, 5.74) is 0. The predicted molar refractivity (Wildman–Crippen MR) is 57.4 cm³/mol. The van der Waals surface area contributed by atoms with Gasteiger partial charge in [-0.25, -0.2) is 4.68 Å². The summed E-state index contributed by atoms with van der Waals surface area (Å²) in [6, 6.07) is 0.327. The molecule has 6 heteroatoms. The van der Waals surface area contributed by atoms with Crippen LogP contribution in [0.2, 0.25) is 0 Å². The SMILES string of the molecule is C[C@@H]1CCC[C@@H](NC(=O)Cn2cnnn2)C1. The Balaban J connectivity index is 1.78. The van der Waals surface area contributed by atoms with Gasteiger partial charge in [-0.3, -0.25) is 4.79 Å². The molecule has 0 bridgehead atoms. The number of carbonyl (C=O) groups excluding carboxylic acids is 1. The summed E-state index contributed by atoms with van der Waals surface area (Å²) >= 11 is 0. The minimum atomic E-state index is -0.00796. The number of hydrogen-bond donors (Lipinski definition) is 1. The molecule has 6 nitrogen and oxygen atoms in total. The molecule has 0 spiro atoms. The summed E-state index contributed by atoms with van der Waals surface area (Å²) < 4.78 is 1.43. The first kappa shape index (κ1) is 11.0. The Hall–Kier alpha value is -1.46. The van der Waals surface area contributed by atoms with E-state index in [1.54, 1.807) is 0 Å². The van der Waals surface area contributed by atoms with Crippen molar-refractivity contribution in [3.8, 4) is 0 Å². The predicted octanol–water partition coefficient (Wildman–Crippen LogP) is 0.368. The summed E-state index contributed by atoms with van der Waals surface area (Å²) in [7, 11) is 0. The van der Waals surface area contributed by atoms with E-state index in [0.29, 0.717) is 12.0 Å². The van der Waals surface area contributed by atoms with E-state index in [4.69, 9.17) is 0 Å². The van der Waals surface area contributed by atoms with Crippen LogP contribution in [0.5, 0.6) is 0 Å². The van der Waals surface area contributed by atoms with E-state index in [0.717, 1.165) is 12.8 Å². The topological polar surface area (TPSA) is 72.7 Å². The van der Waals surface area contributed by atoms with Crippen molar-refractivity contribution in [1.29, 1.82) is 0 Å². The molecule has 2 atom stereocenters. The maximum Gasteiger partial charge on any atom is 0.242 e. The molecule has 1 aliphatic rings. The average Bonchev–Trinajstić information content (AvgIpc) is 2.70. The number of hydrogen-bond acceptors (Lipinski definition) is 4. The van der Waals surface area contributed by atoms with Gasteiger partial charge in [0.15, 0.2) is 0 Å². The van der Waals surface area contributed by atoms with Gasteiger partial charge < -0.3 is 5.32 Å². The zero-order valence-corrected chi connectivity index (χ0v) is 9.46. The van der Waals surface area contributed by atoms with Crippen molar-refractivity contribution in [3.63, 3.8) is 0 Å². The second-order valence-corrected chi connectivity index (χ2v) is 4.54. The number of nitrogens with one attached hydrogen (secondary N) is 1. The van der Waals surface area contributed by atoms with Crippen LogP contribution in [0, 0.1) is 5.92 Å². The number of nitrogens with zero attached hydrogens (tertiary/aromatic N) is 4. The highest BCUT2D eigenvalue weighted by Gasteiger charge is 2.20. The Bertz CT molecular complexity index is 337. The van der Waals surface area contributed by atoms with E-state index in [2.05, 4.69) is 27.8 Å². The third kappa shape index (κ3) is 3.01. The number of rotatable bonds is 3. The zero-order chi connectivity index (χ0) is 11.4. The Morgan fingerprint density at radius 3 is 3.12 bits per heavy atom. The highest BCUT2D eigenvalue weighted by molar-refractivity contribution is 5.75. The van der Waals surface area contributed by atoms with Crippen LogP contribution in [-0.2, 0) is 11.3 Å². The molecule has 1 fully saturated rings. The van der Waals surface area contributed by atoms with Crippen LogP contribution in [0.15, 0.2) is 6.33 Å². The smallest absolute Gasteiger partial charge is 0.242 e. The van der Waals surface area contributed by atoms with Crippen LogP contribution in [-0.4, -0.2) is 32.2 Å². The first-order valence-corrected chi connectivity index (χ1v) is 5.74. The molecule has 1 N–H and O–H groups in total. The molecule has 2 rings (SSSR count). The minimum absolute atomic E-state index is 0.00796. The molecule has 88 valence electrons. The maximum absolute atomic E-state index is 11.7. The molecule has 1 aliphatic carbocycles. The molecule has 1 heterocycles. The summed E-state index contributed by atoms with van der Waals surface area (Å²) in [6.07, 6.45) is 6.10. The quantitative estimate of drug-likeness (QED) is 0.803. The monoisotopic (exact) mass is 223 g/mol. The van der Waals surface area contributed by atoms with Gasteiger partial charge >= 0.3 is 0 Å². The van der Waals surface area contributed by atoms with Crippen molar-refractivity contribution in [2.75, 3.05) is 0 Å². The lowest BCUT2D eigenvalue weighted by Gasteiger charge is -2.27. The van der Waals surface area contributed by atoms with E-state index >= 15 is 0 Å². The molecule has 1 saturated carbocycles. The zero-order valence-electron chi connectivity index (χ0n) is 9.46. The van der Waals surface area contributed by atoms with Gasteiger partial charge in [-0.1, -0.05) is 19.8 Å². The highest BCUT2D eigenvalue weighted by atomic mass is 16.2. The largest absolute Gasteiger partial charge is 0.352 e. The van der Waals surface area contributed by atoms with Gasteiger partial charge in [0.25, 0.3) is 0 Å². The molecule has 0 saturated heterocycles. The van der Waals surface area contributed by atoms with E-state index < -0.39 is 0 Å². The van der Waals surface area contributed by atoms with Crippen molar-refractivity contribution >= 4 is 5.91 Å². The molecule has 1 aromatic rings.